The highest BCUT2D eigenvalue weighted by atomic mass is 32.1. The van der Waals surface area contributed by atoms with E-state index in [0.29, 0.717) is 11.4 Å². The maximum Gasteiger partial charge on any atom is 0.118 e. The fraction of sp³-hybridized carbons (Fsp3) is 0.385. The Kier molecular flexibility index (Phi) is 3.62. The molecule has 1 aromatic carbocycles. The van der Waals surface area contributed by atoms with E-state index in [1.54, 1.807) is 0 Å². The number of hydrogen-bond acceptors (Lipinski definition) is 4. The molecule has 2 nitrogen and oxygen atoms in total. The summed E-state index contributed by atoms with van der Waals surface area (Å²) in [6, 6.07) is 0. The third-order valence-electron chi connectivity index (χ3n) is 3.97. The Balaban J connectivity index is 2.36. The smallest absolute Gasteiger partial charge is 0.118 e. The van der Waals surface area contributed by atoms with Crippen LogP contribution in [0.2, 0.25) is 0 Å². The normalized spacial score (nSPS) is 19.5. The first-order valence-corrected chi connectivity index (χ1v) is 7.61. The van der Waals surface area contributed by atoms with E-state index in [1.807, 2.05) is 0 Å². The van der Waals surface area contributed by atoms with Crippen molar-refractivity contribution in [1.82, 2.24) is 10.3 Å². The zero-order valence-corrected chi connectivity index (χ0v) is 13.3. The number of H-pyrrole nitrogens is 1. The molecule has 98 valence electrons. The van der Waals surface area contributed by atoms with E-state index >= 15 is 0 Å². The van der Waals surface area contributed by atoms with Gasteiger partial charge in [-0.05, 0) is 31.0 Å². The zero-order valence-electron chi connectivity index (χ0n) is 10.6. The molecule has 1 atom stereocenters. The number of benzene rings is 1. The molecule has 1 aliphatic rings. The number of aryl methyl sites for hydroxylation is 1. The Bertz CT molecular complexity index is 660. The van der Waals surface area contributed by atoms with Crippen LogP contribution in [0, 0.1) is 6.92 Å². The highest BCUT2D eigenvalue weighted by Crippen LogP contribution is 2.38. The minimum atomic E-state index is 0.484. The minimum Gasteiger partial charge on any atom is -0.350 e. The van der Waals surface area contributed by atoms with Crippen LogP contribution in [0.25, 0.3) is 10.9 Å². The quantitative estimate of drug-likeness (QED) is 0.406. The van der Waals surface area contributed by atoms with E-state index in [-0.39, 0.29) is 0 Å². The number of rotatable bonds is 1. The largest absolute Gasteiger partial charge is 0.350 e. The highest BCUT2D eigenvalue weighted by Gasteiger charge is 2.25. The van der Waals surface area contributed by atoms with Gasteiger partial charge in [0, 0.05) is 33.2 Å². The maximum atomic E-state index is 6.16. The van der Waals surface area contributed by atoms with Crippen molar-refractivity contribution >= 4 is 62.1 Å². The molecule has 6 heteroatoms. The molecule has 0 bridgehead atoms. The van der Waals surface area contributed by atoms with Crippen molar-refractivity contribution in [3.05, 3.63) is 11.1 Å². The van der Waals surface area contributed by atoms with Gasteiger partial charge in [0.15, 0.2) is 0 Å². The summed E-state index contributed by atoms with van der Waals surface area (Å²) in [5.74, 6) is 0.484. The van der Waals surface area contributed by atoms with Crippen LogP contribution in [0.5, 0.6) is 0 Å². The van der Waals surface area contributed by atoms with Crippen LogP contribution in [0.15, 0.2) is 14.8 Å². The van der Waals surface area contributed by atoms with Crippen molar-refractivity contribution in [2.24, 2.45) is 0 Å². The molecule has 1 unspecified atom stereocenters. The molecule has 2 heterocycles. The van der Waals surface area contributed by atoms with Crippen LogP contribution in [0.1, 0.15) is 23.5 Å². The van der Waals surface area contributed by atoms with Gasteiger partial charge in [0.25, 0.3) is 0 Å². The summed E-state index contributed by atoms with van der Waals surface area (Å²) in [6.45, 7) is 4.11. The standard InChI is InChI=1S/C13H15BN2S3/c1-5-7-8(6-2-3-15-4-6)13(19)16-10(7)9(14)12(18)11(5)17/h6,15-19H,2-4H2,1H3. The molecule has 0 aliphatic carbocycles. The Morgan fingerprint density at radius 1 is 1.21 bits per heavy atom. The molecule has 1 aromatic heterocycles. The third kappa shape index (κ3) is 2.04. The molecular weight excluding hydrogens is 291 g/mol. The zero-order chi connectivity index (χ0) is 13.7. The van der Waals surface area contributed by atoms with E-state index in [4.69, 9.17) is 7.85 Å². The average Bonchev–Trinajstić information content (AvgIpc) is 3.00. The van der Waals surface area contributed by atoms with Crippen LogP contribution in [-0.4, -0.2) is 25.9 Å². The van der Waals surface area contributed by atoms with Crippen LogP contribution in [0.4, 0.5) is 0 Å². The molecule has 2 radical (unpaired) electrons. The fourth-order valence-corrected chi connectivity index (χ4v) is 3.85. The second-order valence-corrected chi connectivity index (χ2v) is 6.40. The van der Waals surface area contributed by atoms with E-state index in [2.05, 4.69) is 55.1 Å². The number of fused-ring (bicyclic) bond motifs is 1. The number of aromatic amines is 1. The van der Waals surface area contributed by atoms with Gasteiger partial charge in [-0.25, -0.2) is 0 Å². The van der Waals surface area contributed by atoms with E-state index in [0.717, 1.165) is 45.4 Å². The minimum absolute atomic E-state index is 0.484. The highest BCUT2D eigenvalue weighted by molar-refractivity contribution is 7.83. The monoisotopic (exact) mass is 306 g/mol. The van der Waals surface area contributed by atoms with E-state index < -0.39 is 0 Å². The van der Waals surface area contributed by atoms with Gasteiger partial charge in [0.2, 0.25) is 0 Å². The molecule has 2 N–H and O–H groups in total. The van der Waals surface area contributed by atoms with E-state index in [1.165, 1.54) is 10.9 Å². The molecule has 1 fully saturated rings. The Labute approximate surface area is 130 Å². The van der Waals surface area contributed by atoms with Gasteiger partial charge in [0.1, 0.15) is 7.85 Å². The third-order valence-corrected chi connectivity index (χ3v) is 5.52. The van der Waals surface area contributed by atoms with Gasteiger partial charge in [-0.15, -0.1) is 37.9 Å². The second-order valence-electron chi connectivity index (χ2n) is 5.06. The van der Waals surface area contributed by atoms with Crippen LogP contribution >= 0.6 is 37.9 Å². The number of nitrogens with one attached hydrogen (secondary N) is 2. The predicted octanol–water partition coefficient (Wildman–Crippen LogP) is 2.21. The lowest BCUT2D eigenvalue weighted by Gasteiger charge is -2.14. The van der Waals surface area contributed by atoms with Gasteiger partial charge in [-0.1, -0.05) is 5.46 Å². The molecule has 0 saturated carbocycles. The second kappa shape index (κ2) is 4.99. The van der Waals surface area contributed by atoms with Gasteiger partial charge in [-0.2, -0.15) is 0 Å². The van der Waals surface area contributed by atoms with E-state index in [9.17, 15) is 0 Å². The molecule has 1 aliphatic heterocycles. The summed E-state index contributed by atoms with van der Waals surface area (Å²) in [5, 5.41) is 5.47. The Morgan fingerprint density at radius 2 is 1.95 bits per heavy atom. The van der Waals surface area contributed by atoms with Crippen molar-refractivity contribution in [2.45, 2.75) is 34.1 Å². The van der Waals surface area contributed by atoms with Crippen molar-refractivity contribution < 1.29 is 0 Å². The van der Waals surface area contributed by atoms with Gasteiger partial charge in [-0.3, -0.25) is 0 Å². The lowest BCUT2D eigenvalue weighted by molar-refractivity contribution is 0.751. The first kappa shape index (κ1) is 13.8. The Morgan fingerprint density at radius 3 is 2.58 bits per heavy atom. The van der Waals surface area contributed by atoms with Gasteiger partial charge in [0.05, 0.1) is 5.03 Å². The molecule has 0 spiro atoms. The van der Waals surface area contributed by atoms with Crippen LogP contribution in [0.3, 0.4) is 0 Å². The van der Waals surface area contributed by atoms with Crippen LogP contribution < -0.4 is 10.8 Å². The summed E-state index contributed by atoms with van der Waals surface area (Å²) in [6.07, 6.45) is 1.13. The van der Waals surface area contributed by atoms with Crippen molar-refractivity contribution in [1.29, 1.82) is 0 Å². The van der Waals surface area contributed by atoms with Crippen molar-refractivity contribution in [2.75, 3.05) is 13.1 Å². The molecule has 3 rings (SSSR count). The van der Waals surface area contributed by atoms with Crippen molar-refractivity contribution in [3.63, 3.8) is 0 Å². The first-order chi connectivity index (χ1) is 9.02. The Hall–Kier alpha value is -0.165. The predicted molar refractivity (Wildman–Crippen MR) is 90.4 cm³/mol. The number of hydrogen-bond donors (Lipinski definition) is 5. The number of aromatic nitrogens is 1. The molecule has 2 aromatic rings. The van der Waals surface area contributed by atoms with Gasteiger partial charge >= 0.3 is 0 Å². The first-order valence-electron chi connectivity index (χ1n) is 6.27. The molecule has 19 heavy (non-hydrogen) atoms. The van der Waals surface area contributed by atoms with Gasteiger partial charge < -0.3 is 10.3 Å². The topological polar surface area (TPSA) is 27.8 Å². The SMILES string of the molecule is [B]c1c(S)c(S)c(C)c2c(C3CCNC3)c(S)[nH]c12. The average molecular weight is 306 g/mol. The number of thiol groups is 3. The van der Waals surface area contributed by atoms with Crippen LogP contribution in [-0.2, 0) is 0 Å². The molecular formula is C13H15BN2S3. The van der Waals surface area contributed by atoms with Crippen molar-refractivity contribution in [3.8, 4) is 0 Å². The summed E-state index contributed by atoms with van der Waals surface area (Å²) in [5.41, 5.74) is 3.97. The lowest BCUT2D eigenvalue weighted by Crippen LogP contribution is -2.10. The molecule has 0 amide bonds. The fourth-order valence-electron chi connectivity index (χ4n) is 2.93. The summed E-state index contributed by atoms with van der Waals surface area (Å²) in [4.78, 5) is 4.90. The summed E-state index contributed by atoms with van der Waals surface area (Å²) < 4.78 is 0. The maximum absolute atomic E-state index is 6.16. The molecule has 1 saturated heterocycles. The lowest BCUT2D eigenvalue weighted by atomic mass is 9.88. The summed E-state index contributed by atoms with van der Waals surface area (Å²) in [7, 11) is 6.16. The summed E-state index contributed by atoms with van der Waals surface area (Å²) >= 11 is 13.6.